The van der Waals surface area contributed by atoms with Gasteiger partial charge in [0.05, 0.1) is 6.54 Å². The van der Waals surface area contributed by atoms with Gasteiger partial charge in [0.15, 0.2) is 0 Å². The highest BCUT2D eigenvalue weighted by molar-refractivity contribution is 6.35. The van der Waals surface area contributed by atoms with Crippen molar-refractivity contribution in [2.24, 2.45) is 0 Å². The van der Waals surface area contributed by atoms with Gasteiger partial charge in [0.1, 0.15) is 18.2 Å². The maximum Gasteiger partial charge on any atom is 0.251 e. The Bertz CT molecular complexity index is 775. The van der Waals surface area contributed by atoms with Crippen LogP contribution in [0.2, 0.25) is 10.0 Å². The van der Waals surface area contributed by atoms with Crippen molar-refractivity contribution >= 4 is 34.9 Å². The lowest BCUT2D eigenvalue weighted by Gasteiger charge is -2.17. The van der Waals surface area contributed by atoms with Gasteiger partial charge in [-0.15, -0.1) is 0 Å². The minimum absolute atomic E-state index is 0.255. The van der Waals surface area contributed by atoms with Crippen LogP contribution in [-0.2, 0) is 0 Å². The van der Waals surface area contributed by atoms with Crippen LogP contribution in [0.4, 0.5) is 5.82 Å². The summed E-state index contributed by atoms with van der Waals surface area (Å²) in [5.74, 6) is 1.82. The van der Waals surface area contributed by atoms with E-state index in [0.717, 1.165) is 18.9 Å². The van der Waals surface area contributed by atoms with Gasteiger partial charge in [-0.05, 0) is 38.0 Å². The molecule has 0 saturated carbocycles. The number of halogens is 2. The Morgan fingerprint density at radius 2 is 1.85 bits per heavy atom. The van der Waals surface area contributed by atoms with Gasteiger partial charge in [0.2, 0.25) is 5.88 Å². The zero-order valence-electron chi connectivity index (χ0n) is 14.5. The van der Waals surface area contributed by atoms with E-state index in [1.807, 2.05) is 13.0 Å². The van der Waals surface area contributed by atoms with Crippen molar-refractivity contribution in [1.82, 2.24) is 15.3 Å². The van der Waals surface area contributed by atoms with Crippen LogP contribution in [0.3, 0.4) is 0 Å². The van der Waals surface area contributed by atoms with Crippen molar-refractivity contribution in [3.63, 3.8) is 0 Å². The number of ether oxygens (including phenoxy) is 1. The number of nitrogens with zero attached hydrogens (tertiary/aromatic N) is 3. The maximum absolute atomic E-state index is 12.1. The van der Waals surface area contributed by atoms with Gasteiger partial charge in [-0.25, -0.2) is 4.98 Å². The van der Waals surface area contributed by atoms with Crippen molar-refractivity contribution in [2.45, 2.75) is 19.8 Å². The molecule has 1 amide bonds. The second-order valence-corrected chi connectivity index (χ2v) is 6.94. The average Bonchev–Trinajstić information content (AvgIpc) is 3.12. The first kappa shape index (κ1) is 18.7. The maximum atomic E-state index is 12.1. The van der Waals surface area contributed by atoms with Gasteiger partial charge in [0.25, 0.3) is 5.91 Å². The number of aryl methyl sites for hydroxylation is 1. The third kappa shape index (κ3) is 4.99. The molecule has 3 rings (SSSR count). The Balaban J connectivity index is 1.52. The second kappa shape index (κ2) is 8.56. The molecule has 0 atom stereocenters. The lowest BCUT2D eigenvalue weighted by molar-refractivity contribution is 0.0946. The zero-order chi connectivity index (χ0) is 18.5. The van der Waals surface area contributed by atoms with Crippen LogP contribution in [-0.4, -0.2) is 42.1 Å². The van der Waals surface area contributed by atoms with Crippen molar-refractivity contribution < 1.29 is 9.53 Å². The van der Waals surface area contributed by atoms with Crippen LogP contribution in [0.25, 0.3) is 0 Å². The fraction of sp³-hybridized carbons (Fsp3) is 0.389. The number of amides is 1. The van der Waals surface area contributed by atoms with Crippen molar-refractivity contribution in [1.29, 1.82) is 0 Å². The number of aromatic nitrogens is 2. The molecule has 1 aliphatic rings. The number of benzene rings is 1. The van der Waals surface area contributed by atoms with E-state index < -0.39 is 0 Å². The SMILES string of the molecule is Cc1nc(OCCNC(=O)c2cc(Cl)cc(Cl)c2)cc(N2CCCC2)n1. The molecule has 8 heteroatoms. The molecule has 6 nitrogen and oxygen atoms in total. The first-order chi connectivity index (χ1) is 12.5. The van der Waals surface area contributed by atoms with E-state index in [4.69, 9.17) is 27.9 Å². The third-order valence-corrected chi connectivity index (χ3v) is 4.43. The Hall–Kier alpha value is -2.05. The molecule has 1 aromatic heterocycles. The summed E-state index contributed by atoms with van der Waals surface area (Å²) in [6.45, 7) is 4.50. The largest absolute Gasteiger partial charge is 0.476 e. The smallest absolute Gasteiger partial charge is 0.251 e. The molecule has 2 aromatic rings. The minimum atomic E-state index is -0.255. The average molecular weight is 395 g/mol. The summed E-state index contributed by atoms with van der Waals surface area (Å²) < 4.78 is 5.68. The van der Waals surface area contributed by atoms with Crippen LogP contribution in [0.1, 0.15) is 29.0 Å². The number of anilines is 1. The van der Waals surface area contributed by atoms with Crippen molar-refractivity contribution in [3.8, 4) is 5.88 Å². The molecule has 1 saturated heterocycles. The fourth-order valence-corrected chi connectivity index (χ4v) is 3.34. The van der Waals surface area contributed by atoms with E-state index in [0.29, 0.717) is 40.5 Å². The van der Waals surface area contributed by atoms with Gasteiger partial charge in [0, 0.05) is 34.8 Å². The highest BCUT2D eigenvalue weighted by Crippen LogP contribution is 2.21. The molecule has 1 aliphatic heterocycles. The Labute approximate surface area is 162 Å². The molecule has 0 radical (unpaired) electrons. The van der Waals surface area contributed by atoms with E-state index >= 15 is 0 Å². The molecule has 138 valence electrons. The number of hydrogen-bond acceptors (Lipinski definition) is 5. The Morgan fingerprint density at radius 1 is 1.15 bits per heavy atom. The monoisotopic (exact) mass is 394 g/mol. The van der Waals surface area contributed by atoms with Gasteiger partial charge in [-0.3, -0.25) is 4.79 Å². The summed E-state index contributed by atoms with van der Waals surface area (Å²) in [6.07, 6.45) is 2.36. The number of carbonyl (C=O) groups excluding carboxylic acids is 1. The lowest BCUT2D eigenvalue weighted by atomic mass is 10.2. The molecular formula is C18H20Cl2N4O2. The molecule has 1 aromatic carbocycles. The second-order valence-electron chi connectivity index (χ2n) is 6.07. The first-order valence-corrected chi connectivity index (χ1v) is 9.24. The summed E-state index contributed by atoms with van der Waals surface area (Å²) in [7, 11) is 0. The van der Waals surface area contributed by atoms with Gasteiger partial charge in [-0.1, -0.05) is 23.2 Å². The Morgan fingerprint density at radius 3 is 2.54 bits per heavy atom. The quantitative estimate of drug-likeness (QED) is 0.759. The van der Waals surface area contributed by atoms with Crippen LogP contribution in [0.5, 0.6) is 5.88 Å². The van der Waals surface area contributed by atoms with E-state index in [9.17, 15) is 4.79 Å². The number of rotatable bonds is 6. The summed E-state index contributed by atoms with van der Waals surface area (Å²) in [6, 6.07) is 6.56. The van der Waals surface area contributed by atoms with Crippen LogP contribution < -0.4 is 15.0 Å². The van der Waals surface area contributed by atoms with Crippen molar-refractivity contribution in [3.05, 3.63) is 45.7 Å². The van der Waals surface area contributed by atoms with E-state index in [1.54, 1.807) is 18.2 Å². The molecule has 26 heavy (non-hydrogen) atoms. The number of carbonyl (C=O) groups is 1. The Kier molecular flexibility index (Phi) is 6.16. The first-order valence-electron chi connectivity index (χ1n) is 8.49. The van der Waals surface area contributed by atoms with Crippen molar-refractivity contribution in [2.75, 3.05) is 31.1 Å². The van der Waals surface area contributed by atoms with Crippen LogP contribution in [0.15, 0.2) is 24.3 Å². The highest BCUT2D eigenvalue weighted by atomic mass is 35.5. The highest BCUT2D eigenvalue weighted by Gasteiger charge is 2.15. The van der Waals surface area contributed by atoms with Crippen LogP contribution >= 0.6 is 23.2 Å². The normalized spacial score (nSPS) is 13.7. The van der Waals surface area contributed by atoms with E-state index in [1.165, 1.54) is 12.8 Å². The predicted molar refractivity (Wildman–Crippen MR) is 103 cm³/mol. The molecule has 2 heterocycles. The minimum Gasteiger partial charge on any atom is -0.476 e. The summed E-state index contributed by atoms with van der Waals surface area (Å²) in [5.41, 5.74) is 0.414. The van der Waals surface area contributed by atoms with Gasteiger partial charge >= 0.3 is 0 Å². The van der Waals surface area contributed by atoms with Crippen LogP contribution in [0, 0.1) is 6.92 Å². The van der Waals surface area contributed by atoms with Gasteiger partial charge < -0.3 is 15.0 Å². The molecule has 0 aliphatic carbocycles. The molecule has 1 N–H and O–H groups in total. The standard InChI is InChI=1S/C18H20Cl2N4O2/c1-12-22-16(24-5-2-3-6-24)11-17(23-12)26-7-4-21-18(25)13-8-14(19)10-15(20)9-13/h8-11H,2-7H2,1H3,(H,21,25). The summed E-state index contributed by atoms with van der Waals surface area (Å²) in [5, 5.41) is 3.62. The molecule has 0 bridgehead atoms. The molecule has 0 unspecified atom stereocenters. The number of nitrogens with one attached hydrogen (secondary N) is 1. The lowest BCUT2D eigenvalue weighted by Crippen LogP contribution is -2.28. The summed E-state index contributed by atoms with van der Waals surface area (Å²) in [4.78, 5) is 23.1. The zero-order valence-corrected chi connectivity index (χ0v) is 16.0. The number of hydrogen-bond donors (Lipinski definition) is 1. The van der Waals surface area contributed by atoms with Gasteiger partial charge in [-0.2, -0.15) is 4.98 Å². The fourth-order valence-electron chi connectivity index (χ4n) is 2.81. The van der Waals surface area contributed by atoms with E-state index in [-0.39, 0.29) is 5.91 Å². The summed E-state index contributed by atoms with van der Waals surface area (Å²) >= 11 is 11.8. The predicted octanol–water partition coefficient (Wildman–Crippen LogP) is 3.50. The molecule has 0 spiro atoms. The van der Waals surface area contributed by atoms with E-state index in [2.05, 4.69) is 20.2 Å². The molecular weight excluding hydrogens is 375 g/mol. The topological polar surface area (TPSA) is 67.3 Å². The molecule has 1 fully saturated rings. The third-order valence-electron chi connectivity index (χ3n) is 3.99.